The summed E-state index contributed by atoms with van der Waals surface area (Å²) in [5, 5.41) is 8.58. The number of fused-ring (bicyclic) bond motifs is 1. The van der Waals surface area contributed by atoms with Crippen LogP contribution in [0, 0.1) is 0 Å². The molecule has 6 heteroatoms. The molecule has 0 unspecified atom stereocenters. The first kappa shape index (κ1) is 12.7. The van der Waals surface area contributed by atoms with Crippen molar-refractivity contribution in [2.75, 3.05) is 7.11 Å². The molecule has 1 aromatic heterocycles. The van der Waals surface area contributed by atoms with Crippen LogP contribution in [0.25, 0.3) is 11.0 Å². The van der Waals surface area contributed by atoms with E-state index in [-0.39, 0.29) is 0 Å². The van der Waals surface area contributed by atoms with Gasteiger partial charge in [0.05, 0.1) is 7.11 Å². The molecule has 0 spiro atoms. The van der Waals surface area contributed by atoms with Gasteiger partial charge in [-0.2, -0.15) is 0 Å². The lowest BCUT2D eigenvalue weighted by atomic mass is 10.2. The first-order valence-corrected chi connectivity index (χ1v) is 6.41. The van der Waals surface area contributed by atoms with Crippen LogP contribution < -0.4 is 9.57 Å². The van der Waals surface area contributed by atoms with E-state index in [1.807, 2.05) is 24.3 Å². The molecule has 0 aliphatic heterocycles. The minimum absolute atomic E-state index is 0.363. The van der Waals surface area contributed by atoms with Crippen LogP contribution in [0.2, 0.25) is 5.02 Å². The lowest BCUT2D eigenvalue weighted by Crippen LogP contribution is -2.12. The first-order valence-electron chi connectivity index (χ1n) is 6.03. The third kappa shape index (κ3) is 2.53. The van der Waals surface area contributed by atoms with Crippen molar-refractivity contribution in [2.24, 2.45) is 0 Å². The van der Waals surface area contributed by atoms with Crippen molar-refractivity contribution >= 4 is 22.6 Å². The third-order valence-electron chi connectivity index (χ3n) is 2.86. The molecule has 0 saturated carbocycles. The second kappa shape index (κ2) is 5.38. The van der Waals surface area contributed by atoms with E-state index in [1.165, 1.54) is 4.85 Å². The highest BCUT2D eigenvalue weighted by molar-refractivity contribution is 6.31. The Hall–Kier alpha value is -2.27. The summed E-state index contributed by atoms with van der Waals surface area (Å²) in [5.74, 6) is 0.789. The van der Waals surface area contributed by atoms with Gasteiger partial charge in [-0.3, -0.25) is 0 Å². The minimum atomic E-state index is 0.363. The molecule has 0 atom stereocenters. The zero-order valence-electron chi connectivity index (χ0n) is 10.8. The molecule has 0 N–H and O–H groups in total. The van der Waals surface area contributed by atoms with E-state index >= 15 is 0 Å². The Morgan fingerprint density at radius 1 is 1.20 bits per heavy atom. The highest BCUT2D eigenvalue weighted by atomic mass is 35.5. The lowest BCUT2D eigenvalue weighted by molar-refractivity contribution is 0.0750. The summed E-state index contributed by atoms with van der Waals surface area (Å²) in [5.41, 5.74) is 2.45. The molecule has 0 amide bonds. The Morgan fingerprint density at radius 2 is 2.10 bits per heavy atom. The molecule has 3 aromatic rings. The molecule has 102 valence electrons. The fraction of sp³-hybridized carbons (Fsp3) is 0.143. The van der Waals surface area contributed by atoms with Gasteiger partial charge in [0.2, 0.25) is 0 Å². The van der Waals surface area contributed by atoms with Gasteiger partial charge in [0.15, 0.2) is 0 Å². The number of nitrogens with zero attached hydrogens (tertiary/aromatic N) is 3. The van der Waals surface area contributed by atoms with Gasteiger partial charge in [0.25, 0.3) is 0 Å². The number of aromatic nitrogens is 3. The largest absolute Gasteiger partial charge is 0.497 e. The summed E-state index contributed by atoms with van der Waals surface area (Å²) in [6, 6.07) is 13.0. The number of hydrogen-bond donors (Lipinski definition) is 0. The van der Waals surface area contributed by atoms with Crippen LogP contribution in [-0.2, 0) is 6.61 Å². The van der Waals surface area contributed by atoms with Crippen molar-refractivity contribution in [2.45, 2.75) is 6.61 Å². The smallest absolute Gasteiger partial charge is 0.142 e. The lowest BCUT2D eigenvalue weighted by Gasteiger charge is -2.07. The van der Waals surface area contributed by atoms with E-state index < -0.39 is 0 Å². The van der Waals surface area contributed by atoms with E-state index in [4.69, 9.17) is 21.2 Å². The van der Waals surface area contributed by atoms with Gasteiger partial charge in [0.1, 0.15) is 23.4 Å². The maximum absolute atomic E-state index is 5.96. The summed E-state index contributed by atoms with van der Waals surface area (Å²) in [7, 11) is 1.63. The van der Waals surface area contributed by atoms with Gasteiger partial charge in [-0.15, -0.1) is 5.10 Å². The van der Waals surface area contributed by atoms with Gasteiger partial charge in [-0.05, 0) is 41.1 Å². The Labute approximate surface area is 120 Å². The standard InChI is InChI=1S/C14H12ClN3O2/c1-19-12-4-2-3-10(7-12)9-20-18-14-8-11(15)5-6-13(14)16-17-18/h2-8H,9H2,1H3. The number of methoxy groups -OCH3 is 1. The van der Waals surface area contributed by atoms with Crippen LogP contribution in [0.5, 0.6) is 5.75 Å². The maximum atomic E-state index is 5.96. The molecule has 0 fully saturated rings. The van der Waals surface area contributed by atoms with Crippen LogP contribution in [0.15, 0.2) is 42.5 Å². The predicted molar refractivity (Wildman–Crippen MR) is 75.8 cm³/mol. The summed E-state index contributed by atoms with van der Waals surface area (Å²) in [6.07, 6.45) is 0. The molecule has 0 aliphatic carbocycles. The number of benzene rings is 2. The average Bonchev–Trinajstić information content (AvgIpc) is 2.87. The number of halogens is 1. The highest BCUT2D eigenvalue weighted by Gasteiger charge is 2.06. The molecule has 3 rings (SSSR count). The zero-order valence-corrected chi connectivity index (χ0v) is 11.5. The third-order valence-corrected chi connectivity index (χ3v) is 3.10. The van der Waals surface area contributed by atoms with Crippen molar-refractivity contribution in [3.8, 4) is 5.75 Å². The minimum Gasteiger partial charge on any atom is -0.497 e. The number of hydrogen-bond acceptors (Lipinski definition) is 4. The zero-order chi connectivity index (χ0) is 13.9. The molecule has 5 nitrogen and oxygen atoms in total. The highest BCUT2D eigenvalue weighted by Crippen LogP contribution is 2.17. The van der Waals surface area contributed by atoms with Crippen LogP contribution in [-0.4, -0.2) is 22.3 Å². The van der Waals surface area contributed by atoms with Gasteiger partial charge >= 0.3 is 0 Å². The second-order valence-electron chi connectivity index (χ2n) is 4.22. The van der Waals surface area contributed by atoms with Crippen molar-refractivity contribution in [1.29, 1.82) is 0 Å². The Morgan fingerprint density at radius 3 is 2.95 bits per heavy atom. The Balaban J connectivity index is 1.81. The van der Waals surface area contributed by atoms with E-state index in [2.05, 4.69) is 10.3 Å². The normalized spacial score (nSPS) is 10.7. The van der Waals surface area contributed by atoms with E-state index in [1.54, 1.807) is 25.3 Å². The molecular weight excluding hydrogens is 278 g/mol. The molecule has 20 heavy (non-hydrogen) atoms. The molecule has 1 heterocycles. The van der Waals surface area contributed by atoms with E-state index in [9.17, 15) is 0 Å². The molecule has 0 aliphatic rings. The van der Waals surface area contributed by atoms with Gasteiger partial charge in [-0.25, -0.2) is 0 Å². The monoisotopic (exact) mass is 289 g/mol. The predicted octanol–water partition coefficient (Wildman–Crippen LogP) is 2.72. The molecule has 0 bridgehead atoms. The summed E-state index contributed by atoms with van der Waals surface area (Å²) in [6.45, 7) is 0.363. The van der Waals surface area contributed by atoms with Gasteiger partial charge < -0.3 is 9.57 Å². The van der Waals surface area contributed by atoms with Crippen LogP contribution in [0.1, 0.15) is 5.56 Å². The Kier molecular flexibility index (Phi) is 3.43. The van der Waals surface area contributed by atoms with E-state index in [0.717, 1.165) is 22.3 Å². The van der Waals surface area contributed by atoms with Gasteiger partial charge in [-0.1, -0.05) is 28.6 Å². The van der Waals surface area contributed by atoms with E-state index in [0.29, 0.717) is 11.6 Å². The average molecular weight is 290 g/mol. The fourth-order valence-corrected chi connectivity index (χ4v) is 2.03. The van der Waals surface area contributed by atoms with Crippen molar-refractivity contribution in [1.82, 2.24) is 15.2 Å². The fourth-order valence-electron chi connectivity index (χ4n) is 1.86. The summed E-state index contributed by atoms with van der Waals surface area (Å²) in [4.78, 5) is 7.00. The van der Waals surface area contributed by atoms with Crippen LogP contribution >= 0.6 is 11.6 Å². The maximum Gasteiger partial charge on any atom is 0.142 e. The van der Waals surface area contributed by atoms with Crippen molar-refractivity contribution in [3.05, 3.63) is 53.1 Å². The van der Waals surface area contributed by atoms with Crippen LogP contribution in [0.3, 0.4) is 0 Å². The SMILES string of the molecule is COc1cccc(COn2nnc3ccc(Cl)cc32)c1. The summed E-state index contributed by atoms with van der Waals surface area (Å²) >= 11 is 5.96. The second-order valence-corrected chi connectivity index (χ2v) is 4.66. The van der Waals surface area contributed by atoms with Crippen LogP contribution in [0.4, 0.5) is 0 Å². The number of rotatable bonds is 4. The topological polar surface area (TPSA) is 49.2 Å². The summed E-state index contributed by atoms with van der Waals surface area (Å²) < 4.78 is 5.17. The quantitative estimate of drug-likeness (QED) is 0.741. The first-order chi connectivity index (χ1) is 9.76. The van der Waals surface area contributed by atoms with Gasteiger partial charge in [0, 0.05) is 5.02 Å². The molecular formula is C14H12ClN3O2. The molecule has 0 radical (unpaired) electrons. The molecule has 2 aromatic carbocycles. The Bertz CT molecular complexity index is 742. The number of ether oxygens (including phenoxy) is 1. The van der Waals surface area contributed by atoms with Crippen molar-refractivity contribution < 1.29 is 9.57 Å². The molecule has 0 saturated heterocycles. The van der Waals surface area contributed by atoms with Crippen molar-refractivity contribution in [3.63, 3.8) is 0 Å².